The Balaban J connectivity index is 1.19. The highest BCUT2D eigenvalue weighted by atomic mass is 19.1. The summed E-state index contributed by atoms with van der Waals surface area (Å²) in [6, 6.07) is 18.0. The van der Waals surface area contributed by atoms with Crippen molar-refractivity contribution in [3.8, 4) is 5.69 Å². The van der Waals surface area contributed by atoms with Crippen molar-refractivity contribution >= 4 is 23.1 Å². The Kier molecular flexibility index (Phi) is 9.24. The van der Waals surface area contributed by atoms with E-state index in [2.05, 4.69) is 9.88 Å². The molecular formula is C36H30F3N5O4. The summed E-state index contributed by atoms with van der Waals surface area (Å²) in [4.78, 5) is 47.1. The quantitative estimate of drug-likeness (QED) is 0.138. The van der Waals surface area contributed by atoms with E-state index < -0.39 is 40.5 Å². The van der Waals surface area contributed by atoms with Crippen molar-refractivity contribution in [2.75, 3.05) is 31.1 Å². The summed E-state index contributed by atoms with van der Waals surface area (Å²) in [5.74, 6) is -4.76. The summed E-state index contributed by atoms with van der Waals surface area (Å²) in [5.41, 5.74) is 1.61. The lowest BCUT2D eigenvalue weighted by atomic mass is 10.0. The maximum absolute atomic E-state index is 14.5. The number of halogens is 3. The predicted molar refractivity (Wildman–Crippen MR) is 173 cm³/mol. The second-order valence-electron chi connectivity index (χ2n) is 11.4. The molecule has 5 aromatic rings. The summed E-state index contributed by atoms with van der Waals surface area (Å²) in [7, 11) is 0. The molecule has 0 saturated carbocycles. The standard InChI is InChI=1S/C36H30F3N5O4/c37-27-16-24(17-28(38)19-27)15-25-18-31(35(47)44(21-25)22-26-3-1-2-4-32(26)39)33(45)20-34(46)36(48)42-13-11-41(12-14-42)29-5-7-30(8-6-29)43-10-9-40-23-43/h1-10,16-21,23,45H,11-15,22H2. The fourth-order valence-corrected chi connectivity index (χ4v) is 5.69. The van der Waals surface area contributed by atoms with Gasteiger partial charge in [0.05, 0.1) is 18.4 Å². The number of carbonyl (C=O) groups is 2. The second kappa shape index (κ2) is 13.8. The van der Waals surface area contributed by atoms with Crippen LogP contribution in [0.1, 0.15) is 22.3 Å². The molecule has 3 aromatic carbocycles. The van der Waals surface area contributed by atoms with Crippen LogP contribution < -0.4 is 10.5 Å². The van der Waals surface area contributed by atoms with Crippen molar-refractivity contribution in [1.29, 1.82) is 0 Å². The van der Waals surface area contributed by atoms with Crippen LogP contribution >= 0.6 is 0 Å². The zero-order chi connectivity index (χ0) is 33.8. The molecule has 0 atom stereocenters. The van der Waals surface area contributed by atoms with Gasteiger partial charge in [-0.2, -0.15) is 0 Å². The molecule has 48 heavy (non-hydrogen) atoms. The molecule has 1 amide bonds. The fraction of sp³-hybridized carbons (Fsp3) is 0.167. The number of anilines is 1. The van der Waals surface area contributed by atoms with Crippen molar-refractivity contribution in [3.05, 3.63) is 154 Å². The van der Waals surface area contributed by atoms with Crippen LogP contribution in [-0.4, -0.2) is 62.0 Å². The number of hydrogen-bond acceptors (Lipinski definition) is 6. The van der Waals surface area contributed by atoms with E-state index in [0.29, 0.717) is 24.7 Å². The molecule has 12 heteroatoms. The van der Waals surface area contributed by atoms with E-state index in [4.69, 9.17) is 0 Å². The van der Waals surface area contributed by atoms with E-state index in [1.165, 1.54) is 35.4 Å². The summed E-state index contributed by atoms with van der Waals surface area (Å²) < 4.78 is 45.3. The molecule has 0 radical (unpaired) electrons. The lowest BCUT2D eigenvalue weighted by Crippen LogP contribution is -2.50. The van der Waals surface area contributed by atoms with Crippen molar-refractivity contribution in [1.82, 2.24) is 19.0 Å². The molecule has 1 saturated heterocycles. The first-order valence-electron chi connectivity index (χ1n) is 15.1. The minimum Gasteiger partial charge on any atom is -0.507 e. The van der Waals surface area contributed by atoms with Gasteiger partial charge in [0.25, 0.3) is 11.5 Å². The summed E-state index contributed by atoms with van der Waals surface area (Å²) in [5, 5.41) is 11.0. The number of benzene rings is 3. The van der Waals surface area contributed by atoms with Crippen LogP contribution in [0.5, 0.6) is 0 Å². The SMILES string of the molecule is O=C(C=C(O)c1cc(Cc2cc(F)cc(F)c2)cn(Cc2ccccc2F)c1=O)C(=O)N1CCN(c2ccc(-n3ccnc3)cc2)CC1. The number of aromatic nitrogens is 3. The van der Waals surface area contributed by atoms with Crippen molar-refractivity contribution in [2.24, 2.45) is 0 Å². The number of carbonyl (C=O) groups excluding carboxylic acids is 2. The molecule has 9 nitrogen and oxygen atoms in total. The van der Waals surface area contributed by atoms with E-state index >= 15 is 0 Å². The highest BCUT2D eigenvalue weighted by molar-refractivity contribution is 6.41. The van der Waals surface area contributed by atoms with Gasteiger partial charge in [0, 0.05) is 73.9 Å². The molecule has 6 rings (SSSR count). The van der Waals surface area contributed by atoms with Crippen LogP contribution in [0.25, 0.3) is 11.4 Å². The monoisotopic (exact) mass is 653 g/mol. The Morgan fingerprint density at radius 3 is 2.21 bits per heavy atom. The molecule has 1 aliphatic heterocycles. The summed E-state index contributed by atoms with van der Waals surface area (Å²) in [6.45, 7) is 1.25. The number of piperazine rings is 1. The highest BCUT2D eigenvalue weighted by Crippen LogP contribution is 2.21. The Labute approximate surface area is 273 Å². The number of rotatable bonds is 9. The van der Waals surface area contributed by atoms with Gasteiger partial charge in [0.1, 0.15) is 23.2 Å². The van der Waals surface area contributed by atoms with Crippen LogP contribution in [0.4, 0.5) is 18.9 Å². The average molecular weight is 654 g/mol. The number of aliphatic hydroxyl groups is 1. The molecule has 0 bridgehead atoms. The van der Waals surface area contributed by atoms with E-state index in [-0.39, 0.29) is 42.7 Å². The topological polar surface area (TPSA) is 101 Å². The van der Waals surface area contributed by atoms with Gasteiger partial charge in [0.2, 0.25) is 5.78 Å². The number of aliphatic hydroxyl groups excluding tert-OH is 1. The molecule has 0 spiro atoms. The first-order chi connectivity index (χ1) is 23.1. The minimum absolute atomic E-state index is 0.0457. The highest BCUT2D eigenvalue weighted by Gasteiger charge is 2.26. The third kappa shape index (κ3) is 7.22. The number of imidazole rings is 1. The average Bonchev–Trinajstić information content (AvgIpc) is 3.62. The molecule has 2 aromatic heterocycles. The molecular weight excluding hydrogens is 623 g/mol. The second-order valence-corrected chi connectivity index (χ2v) is 11.4. The van der Waals surface area contributed by atoms with Crippen LogP contribution in [0.15, 0.2) is 109 Å². The van der Waals surface area contributed by atoms with E-state index in [0.717, 1.165) is 34.1 Å². The van der Waals surface area contributed by atoms with Gasteiger partial charge in [-0.15, -0.1) is 0 Å². The fourth-order valence-electron chi connectivity index (χ4n) is 5.69. The van der Waals surface area contributed by atoms with E-state index in [9.17, 15) is 32.7 Å². The number of ketones is 1. The minimum atomic E-state index is -1.02. The summed E-state index contributed by atoms with van der Waals surface area (Å²) in [6.07, 6.45) is 7.29. The van der Waals surface area contributed by atoms with Gasteiger partial charge < -0.3 is 24.0 Å². The third-order valence-corrected chi connectivity index (χ3v) is 8.11. The number of amides is 1. The van der Waals surface area contributed by atoms with E-state index in [1.54, 1.807) is 18.6 Å². The van der Waals surface area contributed by atoms with Gasteiger partial charge in [-0.1, -0.05) is 18.2 Å². The van der Waals surface area contributed by atoms with E-state index in [1.807, 2.05) is 35.0 Å². The number of nitrogens with zero attached hydrogens (tertiary/aromatic N) is 5. The summed E-state index contributed by atoms with van der Waals surface area (Å²) >= 11 is 0. The normalized spacial score (nSPS) is 13.5. The lowest BCUT2D eigenvalue weighted by Gasteiger charge is -2.35. The Bertz CT molecular complexity index is 2030. The zero-order valence-electron chi connectivity index (χ0n) is 25.6. The van der Waals surface area contributed by atoms with Crippen LogP contribution in [0.3, 0.4) is 0 Å². The van der Waals surface area contributed by atoms with Gasteiger partial charge >= 0.3 is 0 Å². The largest absolute Gasteiger partial charge is 0.507 e. The van der Waals surface area contributed by atoms with Gasteiger partial charge in [0.15, 0.2) is 0 Å². The Hall–Kier alpha value is -5.91. The molecule has 0 aliphatic carbocycles. The number of pyridine rings is 1. The first kappa shape index (κ1) is 32.0. The van der Waals surface area contributed by atoms with Gasteiger partial charge in [-0.25, -0.2) is 18.2 Å². The maximum atomic E-state index is 14.5. The smallest absolute Gasteiger partial charge is 0.294 e. The molecule has 1 aliphatic rings. The first-order valence-corrected chi connectivity index (χ1v) is 15.1. The predicted octanol–water partition coefficient (Wildman–Crippen LogP) is 4.91. The molecule has 3 heterocycles. The number of hydrogen-bond donors (Lipinski definition) is 1. The Morgan fingerprint density at radius 2 is 1.54 bits per heavy atom. The maximum Gasteiger partial charge on any atom is 0.294 e. The van der Waals surface area contributed by atoms with Crippen LogP contribution in [-0.2, 0) is 22.6 Å². The molecule has 244 valence electrons. The van der Waals surface area contributed by atoms with Crippen LogP contribution in [0, 0.1) is 17.5 Å². The molecule has 0 unspecified atom stereocenters. The molecule has 1 fully saturated rings. The van der Waals surface area contributed by atoms with Crippen LogP contribution in [0.2, 0.25) is 0 Å². The third-order valence-electron chi connectivity index (χ3n) is 8.11. The van der Waals surface area contributed by atoms with Gasteiger partial charge in [-0.05, 0) is 66.1 Å². The van der Waals surface area contributed by atoms with Crippen molar-refractivity contribution in [2.45, 2.75) is 13.0 Å². The van der Waals surface area contributed by atoms with Gasteiger partial charge in [-0.3, -0.25) is 14.4 Å². The van der Waals surface area contributed by atoms with Crippen molar-refractivity contribution < 1.29 is 27.9 Å². The zero-order valence-corrected chi connectivity index (χ0v) is 25.6. The molecule has 1 N–H and O–H groups in total. The lowest BCUT2D eigenvalue weighted by molar-refractivity contribution is -0.142. The van der Waals surface area contributed by atoms with Crippen molar-refractivity contribution in [3.63, 3.8) is 0 Å². The Morgan fingerprint density at radius 1 is 0.854 bits per heavy atom.